The number of hydrogen-bond acceptors (Lipinski definition) is 7. The molecule has 0 saturated carbocycles. The molecule has 3 aromatic rings. The lowest BCUT2D eigenvalue weighted by Gasteiger charge is -2.04. The molecule has 0 saturated heterocycles. The molecule has 2 heterocycles. The van der Waals surface area contributed by atoms with E-state index in [9.17, 15) is 4.79 Å². The fraction of sp³-hybridized carbons (Fsp3) is 0.267. The highest BCUT2D eigenvalue weighted by Gasteiger charge is 2.13. The monoisotopic (exact) mass is 360 g/mol. The van der Waals surface area contributed by atoms with Crippen LogP contribution in [0.2, 0.25) is 0 Å². The van der Waals surface area contributed by atoms with Crippen molar-refractivity contribution >= 4 is 34.1 Å². The van der Waals surface area contributed by atoms with Crippen LogP contribution >= 0.6 is 23.1 Å². The Morgan fingerprint density at radius 2 is 2.00 bits per heavy atom. The third-order valence-electron chi connectivity index (χ3n) is 3.23. The first-order valence-electron chi connectivity index (χ1n) is 7.27. The second-order valence-corrected chi connectivity index (χ2v) is 7.21. The smallest absolute Gasteiger partial charge is 0.236 e. The van der Waals surface area contributed by atoms with Crippen LogP contribution in [0.4, 0.5) is 5.13 Å². The summed E-state index contributed by atoms with van der Waals surface area (Å²) in [6.45, 7) is 1.84. The third-order valence-corrected chi connectivity index (χ3v) is 5.01. The first-order chi connectivity index (χ1) is 11.6. The molecule has 0 unspecified atom stereocenters. The second kappa shape index (κ2) is 7.54. The number of anilines is 1. The van der Waals surface area contributed by atoms with Gasteiger partial charge in [0.25, 0.3) is 0 Å². The highest BCUT2D eigenvalue weighted by atomic mass is 32.2. The maximum atomic E-state index is 12.0. The van der Waals surface area contributed by atoms with E-state index in [1.165, 1.54) is 28.7 Å². The normalized spacial score (nSPS) is 10.8. The summed E-state index contributed by atoms with van der Waals surface area (Å²) in [6.07, 6.45) is 0.709. The summed E-state index contributed by atoms with van der Waals surface area (Å²) in [7, 11) is 1.91. The van der Waals surface area contributed by atoms with Crippen molar-refractivity contribution in [1.29, 1.82) is 0 Å². The molecule has 3 rings (SSSR count). The Morgan fingerprint density at radius 3 is 2.71 bits per heavy atom. The molecule has 0 aliphatic heterocycles. The van der Waals surface area contributed by atoms with E-state index in [4.69, 9.17) is 0 Å². The Hall–Kier alpha value is -2.26. The van der Waals surface area contributed by atoms with Crippen molar-refractivity contribution in [2.24, 2.45) is 7.05 Å². The summed E-state index contributed by atoms with van der Waals surface area (Å²) in [4.78, 5) is 12.0. The van der Waals surface area contributed by atoms with Crippen LogP contribution in [0.3, 0.4) is 0 Å². The molecule has 124 valence electrons. The van der Waals surface area contributed by atoms with Gasteiger partial charge in [-0.15, -0.1) is 20.4 Å². The fourth-order valence-corrected chi connectivity index (χ4v) is 3.37. The number of rotatable bonds is 6. The number of carbonyl (C=O) groups is 1. The van der Waals surface area contributed by atoms with E-state index in [1.807, 2.05) is 36.7 Å². The Bertz CT molecular complexity index is 830. The summed E-state index contributed by atoms with van der Waals surface area (Å²) < 4.78 is 1.92. The number of benzene rings is 1. The molecule has 0 radical (unpaired) electrons. The molecule has 0 fully saturated rings. The summed E-state index contributed by atoms with van der Waals surface area (Å²) in [5.41, 5.74) is 1.17. The van der Waals surface area contributed by atoms with Gasteiger partial charge in [0.1, 0.15) is 10.8 Å². The standard InChI is InChI=1S/C15H16N6OS2/c1-10-17-19-14(24-10)16-13(22)9-23-15-20-18-12(21(15)2)8-11-6-4-3-5-7-11/h3-7H,8-9H2,1-2H3,(H,16,19,22). The number of amides is 1. The Morgan fingerprint density at radius 1 is 1.21 bits per heavy atom. The minimum Gasteiger partial charge on any atom is -0.309 e. The molecule has 1 aromatic carbocycles. The van der Waals surface area contributed by atoms with Crippen LogP contribution in [0.1, 0.15) is 16.4 Å². The molecule has 2 aromatic heterocycles. The molecule has 0 aliphatic rings. The predicted molar refractivity (Wildman–Crippen MR) is 94.3 cm³/mol. The van der Waals surface area contributed by atoms with Crippen LogP contribution in [0.5, 0.6) is 0 Å². The van der Waals surface area contributed by atoms with Crippen LogP contribution in [-0.4, -0.2) is 36.6 Å². The van der Waals surface area contributed by atoms with Gasteiger partial charge in [-0.1, -0.05) is 53.4 Å². The van der Waals surface area contributed by atoms with Gasteiger partial charge < -0.3 is 4.57 Å². The quantitative estimate of drug-likeness (QED) is 0.679. The Kier molecular flexibility index (Phi) is 5.21. The van der Waals surface area contributed by atoms with Gasteiger partial charge in [-0.2, -0.15) is 0 Å². The molecule has 1 N–H and O–H groups in total. The first-order valence-corrected chi connectivity index (χ1v) is 9.07. The summed E-state index contributed by atoms with van der Waals surface area (Å²) in [5.74, 6) is 0.975. The number of carbonyl (C=O) groups excluding carboxylic acids is 1. The minimum atomic E-state index is -0.135. The van der Waals surface area contributed by atoms with Gasteiger partial charge in [-0.05, 0) is 12.5 Å². The van der Waals surface area contributed by atoms with Gasteiger partial charge in [0.15, 0.2) is 5.16 Å². The number of hydrogen-bond donors (Lipinski definition) is 1. The molecule has 0 spiro atoms. The molecular formula is C15H16N6OS2. The lowest BCUT2D eigenvalue weighted by atomic mass is 10.1. The average molecular weight is 360 g/mol. The molecular weight excluding hydrogens is 344 g/mol. The molecule has 0 atom stereocenters. The Labute approximate surface area is 147 Å². The molecule has 1 amide bonds. The highest BCUT2D eigenvalue weighted by Crippen LogP contribution is 2.19. The van der Waals surface area contributed by atoms with Crippen molar-refractivity contribution in [1.82, 2.24) is 25.0 Å². The van der Waals surface area contributed by atoms with Gasteiger partial charge in [0, 0.05) is 13.5 Å². The van der Waals surface area contributed by atoms with Crippen LogP contribution in [-0.2, 0) is 18.3 Å². The third kappa shape index (κ3) is 4.18. The summed E-state index contributed by atoms with van der Waals surface area (Å²) in [6, 6.07) is 10.1. The zero-order chi connectivity index (χ0) is 16.9. The molecule has 9 heteroatoms. The topological polar surface area (TPSA) is 85.6 Å². The van der Waals surface area contributed by atoms with Crippen molar-refractivity contribution in [2.45, 2.75) is 18.5 Å². The van der Waals surface area contributed by atoms with Crippen LogP contribution in [0.25, 0.3) is 0 Å². The summed E-state index contributed by atoms with van der Waals surface area (Å²) in [5, 5.41) is 20.9. The number of thioether (sulfide) groups is 1. The summed E-state index contributed by atoms with van der Waals surface area (Å²) >= 11 is 2.70. The van der Waals surface area contributed by atoms with Crippen LogP contribution < -0.4 is 5.32 Å². The molecule has 24 heavy (non-hydrogen) atoms. The van der Waals surface area contributed by atoms with E-state index >= 15 is 0 Å². The van der Waals surface area contributed by atoms with Gasteiger partial charge in [0.2, 0.25) is 11.0 Å². The van der Waals surface area contributed by atoms with Crippen LogP contribution in [0.15, 0.2) is 35.5 Å². The molecule has 7 nitrogen and oxygen atoms in total. The van der Waals surface area contributed by atoms with Crippen molar-refractivity contribution < 1.29 is 4.79 Å². The van der Waals surface area contributed by atoms with Crippen molar-refractivity contribution in [3.8, 4) is 0 Å². The Balaban J connectivity index is 1.57. The maximum absolute atomic E-state index is 12.0. The lowest BCUT2D eigenvalue weighted by molar-refractivity contribution is -0.113. The molecule has 0 bridgehead atoms. The highest BCUT2D eigenvalue weighted by molar-refractivity contribution is 7.99. The zero-order valence-electron chi connectivity index (χ0n) is 13.3. The SMILES string of the molecule is Cc1nnc(NC(=O)CSc2nnc(Cc3ccccc3)n2C)s1. The molecule has 0 aliphatic carbocycles. The van der Waals surface area contributed by atoms with E-state index in [1.54, 1.807) is 0 Å². The largest absolute Gasteiger partial charge is 0.309 e. The van der Waals surface area contributed by atoms with E-state index in [0.29, 0.717) is 16.7 Å². The van der Waals surface area contributed by atoms with Gasteiger partial charge in [-0.3, -0.25) is 10.1 Å². The fourth-order valence-electron chi connectivity index (χ4n) is 2.04. The zero-order valence-corrected chi connectivity index (χ0v) is 14.9. The van der Waals surface area contributed by atoms with E-state index in [0.717, 1.165) is 10.8 Å². The van der Waals surface area contributed by atoms with Gasteiger partial charge in [0.05, 0.1) is 5.75 Å². The predicted octanol–water partition coefficient (Wildman–Crippen LogP) is 2.30. The number of nitrogens with zero attached hydrogens (tertiary/aromatic N) is 5. The maximum Gasteiger partial charge on any atom is 0.236 e. The average Bonchev–Trinajstić information content (AvgIpc) is 3.13. The van der Waals surface area contributed by atoms with Gasteiger partial charge in [-0.25, -0.2) is 0 Å². The van der Waals surface area contributed by atoms with Crippen LogP contribution in [0, 0.1) is 6.92 Å². The van der Waals surface area contributed by atoms with Crippen molar-refractivity contribution in [3.05, 3.63) is 46.7 Å². The van der Waals surface area contributed by atoms with E-state index < -0.39 is 0 Å². The number of aromatic nitrogens is 5. The second-order valence-electron chi connectivity index (χ2n) is 5.08. The minimum absolute atomic E-state index is 0.135. The van der Waals surface area contributed by atoms with Crippen molar-refractivity contribution in [3.63, 3.8) is 0 Å². The van der Waals surface area contributed by atoms with E-state index in [2.05, 4.69) is 37.8 Å². The first kappa shape index (κ1) is 16.6. The van der Waals surface area contributed by atoms with Crippen molar-refractivity contribution in [2.75, 3.05) is 11.1 Å². The number of aryl methyl sites for hydroxylation is 1. The van der Waals surface area contributed by atoms with Gasteiger partial charge >= 0.3 is 0 Å². The van der Waals surface area contributed by atoms with E-state index in [-0.39, 0.29) is 11.7 Å². The lowest BCUT2D eigenvalue weighted by Crippen LogP contribution is -2.14. The number of nitrogens with one attached hydrogen (secondary N) is 1.